The van der Waals surface area contributed by atoms with Crippen molar-refractivity contribution < 1.29 is 49.1 Å². The van der Waals surface area contributed by atoms with Crippen molar-refractivity contribution in [3.8, 4) is 28.8 Å². The number of non-ortho nitro benzene ring substituents is 2. The summed E-state index contributed by atoms with van der Waals surface area (Å²) in [6.45, 7) is 1.64. The number of phenols is 3. The van der Waals surface area contributed by atoms with E-state index in [0.717, 1.165) is 29.7 Å². The average Bonchev–Trinajstić information content (AvgIpc) is 3.37. The molecule has 0 radical (unpaired) electrons. The monoisotopic (exact) mass is 701 g/mol. The van der Waals surface area contributed by atoms with Gasteiger partial charge in [0, 0.05) is 47.0 Å². The molecule has 0 aliphatic rings. The number of aromatic nitrogens is 2. The summed E-state index contributed by atoms with van der Waals surface area (Å²) in [5.74, 6) is -0.796. The average molecular weight is 702 g/mol. The molecule has 6 rings (SSSR count). The van der Waals surface area contributed by atoms with Crippen molar-refractivity contribution in [2.24, 2.45) is 20.5 Å². The second-order valence-electron chi connectivity index (χ2n) is 9.92. The van der Waals surface area contributed by atoms with Gasteiger partial charge in [0.25, 0.3) is 11.4 Å². The van der Waals surface area contributed by atoms with Gasteiger partial charge >= 0.3 is 1.43 Å². The summed E-state index contributed by atoms with van der Waals surface area (Å²) in [4.78, 5) is 20.4. The van der Waals surface area contributed by atoms with Crippen LogP contribution >= 0.6 is 0 Å². The van der Waals surface area contributed by atoms with Crippen LogP contribution in [0.2, 0.25) is 0 Å². The predicted molar refractivity (Wildman–Crippen MR) is 175 cm³/mol. The summed E-state index contributed by atoms with van der Waals surface area (Å²) < 4.78 is 1.30. The van der Waals surface area contributed by atoms with E-state index in [1.54, 1.807) is 49.4 Å². The molecule has 0 aliphatic carbocycles. The first kappa shape index (κ1) is 35.2. The smallest absolute Gasteiger partial charge is 0.506 e. The fourth-order valence-corrected chi connectivity index (χ4v) is 4.34. The number of aromatic hydroxyl groups is 4. The molecule has 4 N–H and O–H groups in total. The van der Waals surface area contributed by atoms with Gasteiger partial charge in [-0.3, -0.25) is 20.2 Å². The molecule has 0 fully saturated rings. The van der Waals surface area contributed by atoms with Crippen LogP contribution in [0.1, 0.15) is 7.12 Å². The molecule has 0 saturated carbocycles. The molecule has 1 heterocycles. The van der Waals surface area contributed by atoms with Crippen LogP contribution in [-0.4, -0.2) is 40.1 Å². The molecule has 17 heteroatoms. The number of rotatable bonds is 7. The van der Waals surface area contributed by atoms with Gasteiger partial charge in [0.15, 0.2) is 5.69 Å². The standard InChI is InChI=1S/C16H13N5O4.C16H11N3O4.Cr/c1-10-15(16(23)20(19-10)11-5-3-2-4-6-11)18-17-13-9-12(21(24)25)7-8-14(13)22;20-14-8-6-11(19(22)23)9-13(14)17-18-16-12-4-2-1-3-10(12)5-7-15(16)21;/h2-9,22-23H,1H3;1-9,20-21H;/p+1. The zero-order valence-corrected chi connectivity index (χ0v) is 26.5. The number of hydrogen-bond acceptors (Lipinski definition) is 13. The van der Waals surface area contributed by atoms with Crippen LogP contribution in [-0.2, 0) is 17.4 Å². The second-order valence-corrected chi connectivity index (χ2v) is 9.92. The first-order chi connectivity index (χ1) is 23.0. The first-order valence-corrected chi connectivity index (χ1v) is 13.9. The second kappa shape index (κ2) is 15.3. The molecule has 0 saturated heterocycles. The summed E-state index contributed by atoms with van der Waals surface area (Å²) in [5.41, 5.74) is 0.820. The maximum absolute atomic E-state index is 10.8. The topological polar surface area (TPSA) is 234 Å². The number of azo groups is 2. The molecule has 5 aromatic carbocycles. The fourth-order valence-electron chi connectivity index (χ4n) is 4.34. The largest absolute Gasteiger partial charge is 1.00 e. The summed E-state index contributed by atoms with van der Waals surface area (Å²) in [6.07, 6.45) is 0. The number of nitro benzene ring substituents is 2. The van der Waals surface area contributed by atoms with E-state index in [0.29, 0.717) is 16.8 Å². The van der Waals surface area contributed by atoms with Gasteiger partial charge in [-0.2, -0.15) is 9.78 Å². The van der Waals surface area contributed by atoms with E-state index >= 15 is 0 Å². The molecule has 0 atom stereocenters. The van der Waals surface area contributed by atoms with Crippen LogP contribution in [0.3, 0.4) is 0 Å². The number of nitro groups is 2. The summed E-state index contributed by atoms with van der Waals surface area (Å²) in [5, 5.41) is 82.6. The van der Waals surface area contributed by atoms with Gasteiger partial charge in [-0.1, -0.05) is 48.5 Å². The van der Waals surface area contributed by atoms with Crippen LogP contribution in [0.15, 0.2) is 124 Å². The van der Waals surface area contributed by atoms with Gasteiger partial charge in [0.2, 0.25) is 5.88 Å². The van der Waals surface area contributed by atoms with Crippen LogP contribution in [0.25, 0.3) is 16.5 Å². The summed E-state index contributed by atoms with van der Waals surface area (Å²) in [7, 11) is 0. The van der Waals surface area contributed by atoms with Crippen LogP contribution in [0.4, 0.5) is 34.1 Å². The van der Waals surface area contributed by atoms with Crippen LogP contribution < -0.4 is 0 Å². The Bertz CT molecular complexity index is 2230. The van der Waals surface area contributed by atoms with Crippen molar-refractivity contribution in [1.29, 1.82) is 0 Å². The van der Waals surface area contributed by atoms with Crippen molar-refractivity contribution in [2.45, 2.75) is 6.92 Å². The Morgan fingerprint density at radius 3 is 1.73 bits per heavy atom. The minimum atomic E-state index is -0.603. The molecule has 0 spiro atoms. The van der Waals surface area contributed by atoms with Crippen molar-refractivity contribution >= 4 is 44.9 Å². The predicted octanol–water partition coefficient (Wildman–Crippen LogP) is 8.60. The van der Waals surface area contributed by atoms with Crippen LogP contribution in [0.5, 0.6) is 23.1 Å². The summed E-state index contributed by atoms with van der Waals surface area (Å²) in [6, 6.07) is 26.3. The quantitative estimate of drug-likeness (QED) is 0.0707. The third kappa shape index (κ3) is 8.00. The van der Waals surface area contributed by atoms with Gasteiger partial charge in [0.1, 0.15) is 34.3 Å². The van der Waals surface area contributed by atoms with Crippen molar-refractivity contribution in [3.05, 3.63) is 129 Å². The number of phenolic OH excluding ortho intramolecular Hbond substituents is 3. The maximum atomic E-state index is 10.8. The van der Waals surface area contributed by atoms with E-state index in [1.165, 1.54) is 22.9 Å². The van der Waals surface area contributed by atoms with E-state index in [4.69, 9.17) is 0 Å². The zero-order chi connectivity index (χ0) is 34.4. The molecule has 1 aromatic heterocycles. The molecule has 6 aromatic rings. The Labute approximate surface area is 288 Å². The normalized spacial score (nSPS) is 10.9. The molecular weight excluding hydrogens is 676 g/mol. The molecule has 0 amide bonds. The van der Waals surface area contributed by atoms with Gasteiger partial charge in [-0.25, -0.2) is 0 Å². The first-order valence-electron chi connectivity index (χ1n) is 13.9. The van der Waals surface area contributed by atoms with Gasteiger partial charge < -0.3 is 20.4 Å². The SMILES string of the molecule is Cc1nn(-c2ccccc2)c(O)c1N=Nc1cc([N+](=O)[O-])ccc1O.O=[N+]([O-])c1ccc(O)c(N=Nc2c(O)ccc3ccccc23)c1.[Cr].[H+]. The molecule has 0 aliphatic heterocycles. The Kier molecular flexibility index (Phi) is 11.0. The minimum absolute atomic E-state index is 0. The molecule has 0 bridgehead atoms. The fraction of sp³-hybridized carbons (Fsp3) is 0.0312. The van der Waals surface area contributed by atoms with Crippen LogP contribution in [0, 0.1) is 27.2 Å². The minimum Gasteiger partial charge on any atom is -0.506 e. The number of para-hydroxylation sites is 1. The van der Waals surface area contributed by atoms with Crippen molar-refractivity contribution in [2.75, 3.05) is 0 Å². The van der Waals surface area contributed by atoms with E-state index in [1.807, 2.05) is 18.2 Å². The molecule has 0 unspecified atom stereocenters. The van der Waals surface area contributed by atoms with Gasteiger partial charge in [0.05, 0.1) is 21.2 Å². The Morgan fingerprint density at radius 1 is 0.653 bits per heavy atom. The number of nitrogens with zero attached hydrogens (tertiary/aromatic N) is 8. The third-order valence-electron chi connectivity index (χ3n) is 6.74. The molecular formula is C32H25CrN8O8+. The molecule has 49 heavy (non-hydrogen) atoms. The van der Waals surface area contributed by atoms with E-state index < -0.39 is 9.85 Å². The number of aryl methyl sites for hydroxylation is 1. The maximum Gasteiger partial charge on any atom is 1.00 e. The third-order valence-corrected chi connectivity index (χ3v) is 6.74. The van der Waals surface area contributed by atoms with E-state index in [9.17, 15) is 40.7 Å². The van der Waals surface area contributed by atoms with Gasteiger partial charge in [-0.05, 0) is 42.6 Å². The van der Waals surface area contributed by atoms with Gasteiger partial charge in [-0.15, -0.1) is 20.5 Å². The Hall–Kier alpha value is -6.70. The number of benzene rings is 5. The Balaban J connectivity index is 0.000000261. The van der Waals surface area contributed by atoms with E-state index in [-0.39, 0.29) is 76.0 Å². The summed E-state index contributed by atoms with van der Waals surface area (Å²) >= 11 is 0. The Morgan fingerprint density at radius 2 is 1.16 bits per heavy atom. The number of fused-ring (bicyclic) bond motifs is 1. The molecule has 246 valence electrons. The number of hydrogen-bond donors (Lipinski definition) is 4. The zero-order valence-electron chi connectivity index (χ0n) is 26.2. The molecule has 16 nitrogen and oxygen atoms in total. The van der Waals surface area contributed by atoms with Crippen molar-refractivity contribution in [3.63, 3.8) is 0 Å². The van der Waals surface area contributed by atoms with Crippen molar-refractivity contribution in [1.82, 2.24) is 9.78 Å². The van der Waals surface area contributed by atoms with E-state index in [2.05, 4.69) is 25.6 Å².